The fourth-order valence-corrected chi connectivity index (χ4v) is 2.22. The van der Waals surface area contributed by atoms with E-state index in [1.54, 1.807) is 31.5 Å². The lowest BCUT2D eigenvalue weighted by molar-refractivity contribution is 0.105. The number of nitrogens with two attached hydrogens (primary N) is 1. The molecule has 2 N–H and O–H groups in total. The first kappa shape index (κ1) is 11.5. The van der Waals surface area contributed by atoms with E-state index in [0.717, 1.165) is 11.3 Å². The Bertz CT molecular complexity index is 688. The number of methoxy groups -OCH3 is 1. The number of carbonyl (C=O) groups is 1. The number of carbonyl (C=O) groups excluding carboxylic acids is 1. The third kappa shape index (κ3) is 1.69. The maximum absolute atomic E-state index is 12.3. The summed E-state index contributed by atoms with van der Waals surface area (Å²) in [6.07, 6.45) is 1.60. The zero-order chi connectivity index (χ0) is 13.4. The van der Waals surface area contributed by atoms with Crippen LogP contribution in [0.2, 0.25) is 0 Å². The van der Waals surface area contributed by atoms with E-state index in [1.807, 2.05) is 18.2 Å². The maximum atomic E-state index is 12.3. The zero-order valence-corrected chi connectivity index (χ0v) is 10.4. The number of benzene rings is 1. The minimum atomic E-state index is -0.127. The van der Waals surface area contributed by atoms with E-state index in [0.29, 0.717) is 22.5 Å². The van der Waals surface area contributed by atoms with Crippen LogP contribution >= 0.6 is 0 Å². The van der Waals surface area contributed by atoms with Crippen LogP contribution in [0.1, 0.15) is 21.6 Å². The summed E-state index contributed by atoms with van der Waals surface area (Å²) in [7, 11) is 1.60. The normalized spacial score (nSPS) is 13.6. The Morgan fingerprint density at radius 2 is 1.89 bits per heavy atom. The predicted molar refractivity (Wildman–Crippen MR) is 72.6 cm³/mol. The summed E-state index contributed by atoms with van der Waals surface area (Å²) < 4.78 is 5.10. The number of hydrogen-bond donors (Lipinski definition) is 1. The largest absolute Gasteiger partial charge is 0.497 e. The molecule has 19 heavy (non-hydrogen) atoms. The summed E-state index contributed by atoms with van der Waals surface area (Å²) in [5.74, 6) is 0.613. The summed E-state index contributed by atoms with van der Waals surface area (Å²) in [6.45, 7) is 0. The van der Waals surface area contributed by atoms with Crippen LogP contribution in [0, 0.1) is 0 Å². The number of Topliss-reactive ketones (excluding diaryl/α,β-unsaturated/α-hetero) is 1. The molecule has 0 radical (unpaired) electrons. The van der Waals surface area contributed by atoms with Crippen LogP contribution in [0.4, 0.5) is 0 Å². The van der Waals surface area contributed by atoms with Crippen molar-refractivity contribution in [2.75, 3.05) is 7.11 Å². The molecule has 94 valence electrons. The summed E-state index contributed by atoms with van der Waals surface area (Å²) in [6, 6.07) is 10.8. The number of ether oxygens (including phenoxy) is 1. The second kappa shape index (κ2) is 4.24. The van der Waals surface area contributed by atoms with Crippen LogP contribution in [0.3, 0.4) is 0 Å². The van der Waals surface area contributed by atoms with Crippen molar-refractivity contribution in [3.8, 4) is 5.75 Å². The van der Waals surface area contributed by atoms with Gasteiger partial charge in [0, 0.05) is 11.8 Å². The number of pyridine rings is 1. The van der Waals surface area contributed by atoms with Crippen molar-refractivity contribution in [3.63, 3.8) is 0 Å². The molecule has 1 aromatic heterocycles. The first-order valence-electron chi connectivity index (χ1n) is 5.86. The van der Waals surface area contributed by atoms with Gasteiger partial charge in [-0.25, -0.2) is 0 Å². The molecule has 0 unspecified atom stereocenters. The standard InChI is InChI=1S/C15H12N2O2/c1-19-10-6-4-9(5-7-10)12-13(16)11-3-2-8-17-14(11)15(12)18/h2-8H,16H2,1H3. The Hall–Kier alpha value is -2.62. The molecule has 0 saturated carbocycles. The van der Waals surface area contributed by atoms with Gasteiger partial charge in [-0.1, -0.05) is 12.1 Å². The van der Waals surface area contributed by atoms with Crippen molar-refractivity contribution >= 4 is 17.1 Å². The van der Waals surface area contributed by atoms with E-state index in [-0.39, 0.29) is 5.78 Å². The van der Waals surface area contributed by atoms with Crippen molar-refractivity contribution < 1.29 is 9.53 Å². The van der Waals surface area contributed by atoms with Crippen LogP contribution in [-0.2, 0) is 0 Å². The smallest absolute Gasteiger partial charge is 0.214 e. The van der Waals surface area contributed by atoms with Crippen molar-refractivity contribution in [3.05, 3.63) is 59.4 Å². The quantitative estimate of drug-likeness (QED) is 0.889. The molecule has 1 aliphatic rings. The Balaban J connectivity index is 2.11. The van der Waals surface area contributed by atoms with Crippen LogP contribution in [0.25, 0.3) is 11.3 Å². The molecular weight excluding hydrogens is 240 g/mol. The maximum Gasteiger partial charge on any atom is 0.214 e. The van der Waals surface area contributed by atoms with E-state index >= 15 is 0 Å². The number of rotatable bonds is 2. The van der Waals surface area contributed by atoms with Crippen molar-refractivity contribution in [2.45, 2.75) is 0 Å². The number of ketones is 1. The minimum absolute atomic E-state index is 0.127. The molecule has 1 aromatic carbocycles. The van der Waals surface area contributed by atoms with Gasteiger partial charge in [0.25, 0.3) is 0 Å². The van der Waals surface area contributed by atoms with Gasteiger partial charge in [-0.3, -0.25) is 9.78 Å². The van der Waals surface area contributed by atoms with Gasteiger partial charge in [-0.2, -0.15) is 0 Å². The van der Waals surface area contributed by atoms with Gasteiger partial charge in [-0.15, -0.1) is 0 Å². The first-order chi connectivity index (χ1) is 9.22. The lowest BCUT2D eigenvalue weighted by Crippen LogP contribution is -2.01. The second-order valence-corrected chi connectivity index (χ2v) is 4.25. The molecule has 1 aliphatic carbocycles. The number of allylic oxidation sites excluding steroid dienone is 1. The molecule has 3 rings (SSSR count). The molecule has 4 nitrogen and oxygen atoms in total. The van der Waals surface area contributed by atoms with E-state index < -0.39 is 0 Å². The molecule has 1 heterocycles. The fraction of sp³-hybridized carbons (Fsp3) is 0.0667. The molecular formula is C15H12N2O2. The molecule has 0 amide bonds. The summed E-state index contributed by atoms with van der Waals surface area (Å²) in [4.78, 5) is 16.4. The average molecular weight is 252 g/mol. The summed E-state index contributed by atoms with van der Waals surface area (Å²) in [5.41, 5.74) is 8.97. The molecule has 0 fully saturated rings. The third-order valence-electron chi connectivity index (χ3n) is 3.19. The number of nitrogens with zero attached hydrogens (tertiary/aromatic N) is 1. The molecule has 0 atom stereocenters. The highest BCUT2D eigenvalue weighted by molar-refractivity contribution is 6.38. The van der Waals surface area contributed by atoms with Crippen LogP contribution in [-0.4, -0.2) is 17.9 Å². The van der Waals surface area contributed by atoms with Crippen molar-refractivity contribution in [1.29, 1.82) is 0 Å². The highest BCUT2D eigenvalue weighted by atomic mass is 16.5. The van der Waals surface area contributed by atoms with E-state index in [1.165, 1.54) is 0 Å². The average Bonchev–Trinajstić information content (AvgIpc) is 2.72. The number of fused-ring (bicyclic) bond motifs is 1. The monoisotopic (exact) mass is 252 g/mol. The first-order valence-corrected chi connectivity index (χ1v) is 5.86. The van der Waals surface area contributed by atoms with Crippen molar-refractivity contribution in [2.24, 2.45) is 5.73 Å². The Morgan fingerprint density at radius 3 is 2.53 bits per heavy atom. The molecule has 0 spiro atoms. The third-order valence-corrected chi connectivity index (χ3v) is 3.19. The molecule has 4 heteroatoms. The van der Waals surface area contributed by atoms with Gasteiger partial charge < -0.3 is 10.5 Å². The predicted octanol–water partition coefficient (Wildman–Crippen LogP) is 2.11. The van der Waals surface area contributed by atoms with Crippen LogP contribution < -0.4 is 10.5 Å². The Kier molecular flexibility index (Phi) is 2.56. The van der Waals surface area contributed by atoms with Gasteiger partial charge in [0.15, 0.2) is 0 Å². The SMILES string of the molecule is COc1ccc(C2=C(N)c3cccnc3C2=O)cc1. The minimum Gasteiger partial charge on any atom is -0.497 e. The second-order valence-electron chi connectivity index (χ2n) is 4.25. The molecule has 2 aromatic rings. The van der Waals surface area contributed by atoms with Crippen LogP contribution in [0.5, 0.6) is 5.75 Å². The fourth-order valence-electron chi connectivity index (χ4n) is 2.22. The lowest BCUT2D eigenvalue weighted by atomic mass is 10.0. The van der Waals surface area contributed by atoms with Crippen molar-refractivity contribution in [1.82, 2.24) is 4.98 Å². The van der Waals surface area contributed by atoms with Crippen LogP contribution in [0.15, 0.2) is 42.6 Å². The molecule has 0 bridgehead atoms. The number of hydrogen-bond acceptors (Lipinski definition) is 4. The summed E-state index contributed by atoms with van der Waals surface area (Å²) >= 11 is 0. The van der Waals surface area contributed by atoms with Gasteiger partial charge in [0.1, 0.15) is 11.4 Å². The van der Waals surface area contributed by atoms with Gasteiger partial charge in [0.2, 0.25) is 5.78 Å². The lowest BCUT2D eigenvalue weighted by Gasteiger charge is -2.04. The van der Waals surface area contributed by atoms with Gasteiger partial charge in [-0.05, 0) is 29.8 Å². The zero-order valence-electron chi connectivity index (χ0n) is 10.4. The van der Waals surface area contributed by atoms with E-state index in [4.69, 9.17) is 10.5 Å². The Labute approximate surface area is 110 Å². The number of aromatic nitrogens is 1. The Morgan fingerprint density at radius 1 is 1.16 bits per heavy atom. The van der Waals surface area contributed by atoms with E-state index in [9.17, 15) is 4.79 Å². The van der Waals surface area contributed by atoms with E-state index in [2.05, 4.69) is 4.98 Å². The van der Waals surface area contributed by atoms with Gasteiger partial charge in [0.05, 0.1) is 18.4 Å². The molecule has 0 saturated heterocycles. The molecule has 0 aliphatic heterocycles. The van der Waals surface area contributed by atoms with Gasteiger partial charge >= 0.3 is 0 Å². The topological polar surface area (TPSA) is 65.2 Å². The summed E-state index contributed by atoms with van der Waals surface area (Å²) in [5, 5.41) is 0. The highest BCUT2D eigenvalue weighted by Crippen LogP contribution is 2.34. The highest BCUT2D eigenvalue weighted by Gasteiger charge is 2.29.